The molecular formula is C16H15N3OS. The molecule has 0 aliphatic rings. The maximum atomic E-state index is 12.1. The summed E-state index contributed by atoms with van der Waals surface area (Å²) in [5, 5.41) is 14.1. The summed E-state index contributed by atoms with van der Waals surface area (Å²) in [4.78, 5) is 16.0. The van der Waals surface area contributed by atoms with Crippen LogP contribution in [0.2, 0.25) is 0 Å². The van der Waals surface area contributed by atoms with E-state index < -0.39 is 5.91 Å². The van der Waals surface area contributed by atoms with Crippen LogP contribution in [0.3, 0.4) is 0 Å². The van der Waals surface area contributed by atoms with Gasteiger partial charge >= 0.3 is 0 Å². The molecule has 106 valence electrons. The van der Waals surface area contributed by atoms with Gasteiger partial charge in [0.25, 0.3) is 5.91 Å². The lowest BCUT2D eigenvalue weighted by Gasteiger charge is -2.07. The largest absolute Gasteiger partial charge is 0.297 e. The molecular weight excluding hydrogens is 282 g/mol. The van der Waals surface area contributed by atoms with Crippen LogP contribution in [0.4, 0.5) is 5.13 Å². The molecule has 1 aromatic heterocycles. The number of rotatable bonds is 3. The van der Waals surface area contributed by atoms with E-state index in [9.17, 15) is 10.1 Å². The van der Waals surface area contributed by atoms with E-state index in [4.69, 9.17) is 0 Å². The van der Waals surface area contributed by atoms with Gasteiger partial charge in [0.1, 0.15) is 11.6 Å². The zero-order chi connectivity index (χ0) is 15.4. The second kappa shape index (κ2) is 6.33. The highest BCUT2D eigenvalue weighted by Crippen LogP contribution is 2.19. The average Bonchev–Trinajstić information content (AvgIpc) is 2.94. The topological polar surface area (TPSA) is 65.8 Å². The van der Waals surface area contributed by atoms with Gasteiger partial charge in [0.15, 0.2) is 5.13 Å². The highest BCUT2D eigenvalue weighted by atomic mass is 32.1. The monoisotopic (exact) mass is 297 g/mol. The number of benzene rings is 1. The first-order valence-corrected chi connectivity index (χ1v) is 7.29. The molecule has 0 saturated carbocycles. The SMILES string of the molecule is Cc1cc(C)c(/C=C(\C#N)C(=O)Nc2nccs2)cc1C. The number of hydrogen-bond acceptors (Lipinski definition) is 4. The predicted molar refractivity (Wildman–Crippen MR) is 85.0 cm³/mol. The van der Waals surface area contributed by atoms with Crippen molar-refractivity contribution in [2.24, 2.45) is 0 Å². The van der Waals surface area contributed by atoms with E-state index in [1.165, 1.54) is 16.9 Å². The molecule has 2 aromatic rings. The lowest BCUT2D eigenvalue weighted by atomic mass is 9.99. The minimum atomic E-state index is -0.440. The minimum Gasteiger partial charge on any atom is -0.297 e. The standard InChI is InChI=1S/C16H15N3OS/c1-10-6-12(3)13(7-11(10)2)8-14(9-17)15(20)19-16-18-4-5-21-16/h4-8H,1-3H3,(H,18,19,20)/b14-8+. The van der Waals surface area contributed by atoms with E-state index in [0.717, 1.165) is 16.7 Å². The Morgan fingerprint density at radius 2 is 2.00 bits per heavy atom. The summed E-state index contributed by atoms with van der Waals surface area (Å²) >= 11 is 1.31. The molecule has 1 aromatic carbocycles. The molecule has 0 fully saturated rings. The van der Waals surface area contributed by atoms with Gasteiger partial charge in [-0.2, -0.15) is 5.26 Å². The van der Waals surface area contributed by atoms with E-state index in [0.29, 0.717) is 5.13 Å². The van der Waals surface area contributed by atoms with Crippen molar-refractivity contribution in [1.82, 2.24) is 4.98 Å². The van der Waals surface area contributed by atoms with Crippen molar-refractivity contribution in [2.45, 2.75) is 20.8 Å². The Morgan fingerprint density at radius 3 is 2.62 bits per heavy atom. The maximum Gasteiger partial charge on any atom is 0.268 e. The van der Waals surface area contributed by atoms with Crippen molar-refractivity contribution in [1.29, 1.82) is 5.26 Å². The van der Waals surface area contributed by atoms with Gasteiger partial charge in [0.05, 0.1) is 0 Å². The molecule has 0 radical (unpaired) electrons. The Hall–Kier alpha value is -2.45. The fourth-order valence-corrected chi connectivity index (χ4v) is 2.42. The van der Waals surface area contributed by atoms with E-state index in [2.05, 4.69) is 16.4 Å². The zero-order valence-electron chi connectivity index (χ0n) is 12.1. The third-order valence-corrected chi connectivity index (χ3v) is 3.89. The Balaban J connectivity index is 2.31. The third-order valence-electron chi connectivity index (χ3n) is 3.20. The zero-order valence-corrected chi connectivity index (χ0v) is 12.9. The predicted octanol–water partition coefficient (Wildman–Crippen LogP) is 3.61. The van der Waals surface area contributed by atoms with Gasteiger partial charge in [-0.05, 0) is 49.1 Å². The van der Waals surface area contributed by atoms with Crippen LogP contribution >= 0.6 is 11.3 Å². The van der Waals surface area contributed by atoms with Crippen LogP contribution in [0.1, 0.15) is 22.3 Å². The van der Waals surface area contributed by atoms with Crippen LogP contribution in [0.5, 0.6) is 0 Å². The number of carbonyl (C=O) groups excluding carboxylic acids is 1. The fraction of sp³-hybridized carbons (Fsp3) is 0.188. The van der Waals surface area contributed by atoms with Crippen molar-refractivity contribution in [3.63, 3.8) is 0 Å². The molecule has 0 aliphatic heterocycles. The molecule has 2 rings (SSSR count). The van der Waals surface area contributed by atoms with Gasteiger partial charge in [0.2, 0.25) is 0 Å². The lowest BCUT2D eigenvalue weighted by Crippen LogP contribution is -2.13. The molecule has 5 heteroatoms. The number of amides is 1. The van der Waals surface area contributed by atoms with Crippen LogP contribution < -0.4 is 5.32 Å². The van der Waals surface area contributed by atoms with E-state index >= 15 is 0 Å². The summed E-state index contributed by atoms with van der Waals surface area (Å²) in [6.07, 6.45) is 3.22. The Labute approximate surface area is 127 Å². The van der Waals surface area contributed by atoms with Crippen molar-refractivity contribution < 1.29 is 4.79 Å². The van der Waals surface area contributed by atoms with Gasteiger partial charge in [-0.3, -0.25) is 10.1 Å². The lowest BCUT2D eigenvalue weighted by molar-refractivity contribution is -0.112. The molecule has 1 N–H and O–H groups in total. The minimum absolute atomic E-state index is 0.0663. The first-order valence-electron chi connectivity index (χ1n) is 6.41. The van der Waals surface area contributed by atoms with Gasteiger partial charge in [-0.15, -0.1) is 11.3 Å². The number of aromatic nitrogens is 1. The first kappa shape index (κ1) is 14.9. The molecule has 1 amide bonds. The molecule has 0 atom stereocenters. The van der Waals surface area contributed by atoms with Crippen molar-refractivity contribution in [3.8, 4) is 6.07 Å². The number of nitriles is 1. The summed E-state index contributed by atoms with van der Waals surface area (Å²) in [5.74, 6) is -0.440. The number of nitrogens with one attached hydrogen (secondary N) is 1. The van der Waals surface area contributed by atoms with E-state index in [1.807, 2.05) is 32.9 Å². The molecule has 4 nitrogen and oxygen atoms in total. The van der Waals surface area contributed by atoms with Crippen LogP contribution in [0.25, 0.3) is 6.08 Å². The summed E-state index contributed by atoms with van der Waals surface area (Å²) in [6, 6.07) is 5.99. The molecule has 0 unspecified atom stereocenters. The number of aryl methyl sites for hydroxylation is 3. The number of thiazole rings is 1. The number of carbonyl (C=O) groups is 1. The molecule has 0 bridgehead atoms. The summed E-state index contributed by atoms with van der Waals surface area (Å²) in [6.45, 7) is 6.01. The van der Waals surface area contributed by atoms with E-state index in [-0.39, 0.29) is 5.57 Å². The quantitative estimate of drug-likeness (QED) is 0.695. The average molecular weight is 297 g/mol. The Kier molecular flexibility index (Phi) is 4.51. The van der Waals surface area contributed by atoms with Crippen LogP contribution in [-0.4, -0.2) is 10.9 Å². The fourth-order valence-electron chi connectivity index (χ4n) is 1.89. The van der Waals surface area contributed by atoms with Crippen molar-refractivity contribution in [2.75, 3.05) is 5.32 Å². The van der Waals surface area contributed by atoms with E-state index in [1.54, 1.807) is 17.7 Å². The second-order valence-corrected chi connectivity index (χ2v) is 5.65. The van der Waals surface area contributed by atoms with Gasteiger partial charge in [-0.25, -0.2) is 4.98 Å². The molecule has 1 heterocycles. The number of hydrogen-bond donors (Lipinski definition) is 1. The summed E-state index contributed by atoms with van der Waals surface area (Å²) < 4.78 is 0. The van der Waals surface area contributed by atoms with Crippen LogP contribution in [0, 0.1) is 32.1 Å². The molecule has 21 heavy (non-hydrogen) atoms. The number of anilines is 1. The van der Waals surface area contributed by atoms with Gasteiger partial charge in [0, 0.05) is 11.6 Å². The first-order chi connectivity index (χ1) is 10.0. The normalized spacial score (nSPS) is 11.0. The summed E-state index contributed by atoms with van der Waals surface area (Å²) in [5.41, 5.74) is 4.30. The van der Waals surface area contributed by atoms with Gasteiger partial charge < -0.3 is 0 Å². The third kappa shape index (κ3) is 3.56. The molecule has 0 saturated heterocycles. The highest BCUT2D eigenvalue weighted by molar-refractivity contribution is 7.13. The van der Waals surface area contributed by atoms with Crippen LogP contribution in [0.15, 0.2) is 29.3 Å². The number of nitrogens with zero attached hydrogens (tertiary/aromatic N) is 2. The van der Waals surface area contributed by atoms with Gasteiger partial charge in [-0.1, -0.05) is 12.1 Å². The molecule has 0 spiro atoms. The molecule has 0 aliphatic carbocycles. The second-order valence-electron chi connectivity index (χ2n) is 4.75. The smallest absolute Gasteiger partial charge is 0.268 e. The summed E-state index contributed by atoms with van der Waals surface area (Å²) in [7, 11) is 0. The highest BCUT2D eigenvalue weighted by Gasteiger charge is 2.11. The van der Waals surface area contributed by atoms with Crippen molar-refractivity contribution in [3.05, 3.63) is 51.5 Å². The van der Waals surface area contributed by atoms with Crippen molar-refractivity contribution >= 4 is 28.5 Å². The maximum absolute atomic E-state index is 12.1. The van der Waals surface area contributed by atoms with Crippen LogP contribution in [-0.2, 0) is 4.79 Å². The Morgan fingerprint density at radius 1 is 1.29 bits per heavy atom. The Bertz CT molecular complexity index is 740.